The molecule has 0 bridgehead atoms. The number of hydrogen-bond donors (Lipinski definition) is 0. The maximum absolute atomic E-state index is 12.7. The summed E-state index contributed by atoms with van der Waals surface area (Å²) in [7, 11) is -0.401. The molecule has 2 aromatic rings. The van der Waals surface area contributed by atoms with E-state index in [2.05, 4.69) is 6.92 Å². The minimum Gasteiger partial charge on any atom is -0.399 e. The van der Waals surface area contributed by atoms with E-state index >= 15 is 0 Å². The summed E-state index contributed by atoms with van der Waals surface area (Å²) in [6.45, 7) is 11.1. The van der Waals surface area contributed by atoms with E-state index in [1.54, 1.807) is 0 Å². The largest absolute Gasteiger partial charge is 0.494 e. The molecule has 0 aliphatic carbocycles. The Kier molecular flexibility index (Phi) is 4.82. The van der Waals surface area contributed by atoms with Crippen LogP contribution in [-0.4, -0.2) is 22.9 Å². The lowest BCUT2D eigenvalue weighted by Gasteiger charge is -2.32. The van der Waals surface area contributed by atoms with Crippen LogP contribution in [0.5, 0.6) is 0 Å². The van der Waals surface area contributed by atoms with Gasteiger partial charge in [-0.25, -0.2) is 0 Å². The van der Waals surface area contributed by atoms with E-state index in [-0.39, 0.29) is 16.8 Å². The van der Waals surface area contributed by atoms with Crippen LogP contribution in [0.3, 0.4) is 0 Å². The number of nitrogens with zero attached hydrogens (tertiary/aromatic N) is 1. The summed E-state index contributed by atoms with van der Waals surface area (Å²) < 4.78 is 14.0. The fourth-order valence-electron chi connectivity index (χ4n) is 3.14. The molecular weight excluding hydrogens is 313 g/mol. The van der Waals surface area contributed by atoms with Crippen LogP contribution < -0.4 is 11.0 Å². The predicted octanol–water partition coefficient (Wildman–Crippen LogP) is 3.49. The first-order valence-corrected chi connectivity index (χ1v) is 9.24. The van der Waals surface area contributed by atoms with Crippen LogP contribution in [0.15, 0.2) is 35.3 Å². The summed E-state index contributed by atoms with van der Waals surface area (Å²) in [5.41, 5.74) is 0.299. The monoisotopic (exact) mass is 341 g/mol. The van der Waals surface area contributed by atoms with Crippen LogP contribution in [-0.2, 0) is 15.9 Å². The molecule has 4 nitrogen and oxygen atoms in total. The van der Waals surface area contributed by atoms with Gasteiger partial charge in [-0.3, -0.25) is 4.79 Å². The first-order valence-electron chi connectivity index (χ1n) is 9.24. The van der Waals surface area contributed by atoms with E-state index < -0.39 is 7.12 Å². The summed E-state index contributed by atoms with van der Waals surface area (Å²) in [5.74, 6) is 0. The maximum atomic E-state index is 12.7. The van der Waals surface area contributed by atoms with Gasteiger partial charge in [-0.2, -0.15) is 0 Å². The Morgan fingerprint density at radius 1 is 1.04 bits per heavy atom. The molecule has 2 heterocycles. The molecule has 5 heteroatoms. The van der Waals surface area contributed by atoms with Crippen molar-refractivity contribution in [2.75, 3.05) is 0 Å². The first-order chi connectivity index (χ1) is 11.7. The normalized spacial score (nSPS) is 18.8. The average Bonchev–Trinajstić information content (AvgIpc) is 2.77. The van der Waals surface area contributed by atoms with E-state index in [1.807, 2.05) is 62.7 Å². The zero-order valence-electron chi connectivity index (χ0n) is 16.0. The highest BCUT2D eigenvalue weighted by Crippen LogP contribution is 2.36. The maximum Gasteiger partial charge on any atom is 0.494 e. The van der Waals surface area contributed by atoms with Crippen molar-refractivity contribution in [3.8, 4) is 0 Å². The van der Waals surface area contributed by atoms with Crippen LogP contribution in [0.4, 0.5) is 0 Å². The standard InChI is InChI=1S/C20H28BNO3/c1-6-7-8-12-22-13-11-15-14-16(9-10-17(15)18(22)23)21-24-19(2,3)20(4,5)25-21/h9-11,13-14H,6-8,12H2,1-5H3. The second kappa shape index (κ2) is 6.62. The summed E-state index contributed by atoms with van der Waals surface area (Å²) in [5, 5.41) is 1.68. The summed E-state index contributed by atoms with van der Waals surface area (Å²) in [6.07, 6.45) is 5.23. The second-order valence-electron chi connectivity index (χ2n) is 7.96. The van der Waals surface area contributed by atoms with E-state index in [4.69, 9.17) is 9.31 Å². The number of aromatic nitrogens is 1. The molecule has 0 atom stereocenters. The van der Waals surface area contributed by atoms with Crippen molar-refractivity contribution in [3.05, 3.63) is 40.8 Å². The molecule has 0 N–H and O–H groups in total. The van der Waals surface area contributed by atoms with Gasteiger partial charge >= 0.3 is 7.12 Å². The average molecular weight is 341 g/mol. The van der Waals surface area contributed by atoms with Gasteiger partial charge in [0.15, 0.2) is 0 Å². The molecule has 0 unspecified atom stereocenters. The topological polar surface area (TPSA) is 40.5 Å². The molecule has 0 amide bonds. The number of benzene rings is 1. The molecule has 3 rings (SSSR count). The zero-order valence-corrected chi connectivity index (χ0v) is 16.0. The molecule has 1 aliphatic heterocycles. The Morgan fingerprint density at radius 2 is 1.72 bits per heavy atom. The lowest BCUT2D eigenvalue weighted by molar-refractivity contribution is 0.00578. The third-order valence-corrected chi connectivity index (χ3v) is 5.53. The zero-order chi connectivity index (χ0) is 18.2. The lowest BCUT2D eigenvalue weighted by Crippen LogP contribution is -2.41. The van der Waals surface area contributed by atoms with Crippen LogP contribution in [0, 0.1) is 0 Å². The van der Waals surface area contributed by atoms with Crippen molar-refractivity contribution in [1.29, 1.82) is 0 Å². The van der Waals surface area contributed by atoms with Gasteiger partial charge in [0, 0.05) is 18.1 Å². The third-order valence-electron chi connectivity index (χ3n) is 5.53. The highest BCUT2D eigenvalue weighted by molar-refractivity contribution is 6.62. The SMILES string of the molecule is CCCCCn1ccc2cc(B3OC(C)(C)C(C)(C)O3)ccc2c1=O. The van der Waals surface area contributed by atoms with Gasteiger partial charge in [-0.1, -0.05) is 31.9 Å². The summed E-state index contributed by atoms with van der Waals surface area (Å²) >= 11 is 0. The lowest BCUT2D eigenvalue weighted by atomic mass is 9.78. The van der Waals surface area contributed by atoms with Crippen molar-refractivity contribution < 1.29 is 9.31 Å². The predicted molar refractivity (Wildman–Crippen MR) is 103 cm³/mol. The number of rotatable bonds is 5. The molecule has 1 saturated heterocycles. The van der Waals surface area contributed by atoms with Gasteiger partial charge in [-0.15, -0.1) is 0 Å². The smallest absolute Gasteiger partial charge is 0.399 e. The van der Waals surface area contributed by atoms with Gasteiger partial charge in [0.25, 0.3) is 5.56 Å². The molecule has 1 aromatic carbocycles. The fourth-order valence-corrected chi connectivity index (χ4v) is 3.14. The molecule has 0 spiro atoms. The first kappa shape index (κ1) is 18.2. The highest BCUT2D eigenvalue weighted by atomic mass is 16.7. The molecular formula is C20H28BNO3. The van der Waals surface area contributed by atoms with Crippen molar-refractivity contribution in [2.24, 2.45) is 0 Å². The van der Waals surface area contributed by atoms with Gasteiger partial charge in [-0.05, 0) is 57.1 Å². The number of pyridine rings is 1. The minimum atomic E-state index is -0.401. The number of unbranched alkanes of at least 4 members (excludes halogenated alkanes) is 2. The molecule has 0 saturated carbocycles. The highest BCUT2D eigenvalue weighted by Gasteiger charge is 2.51. The van der Waals surface area contributed by atoms with E-state index in [0.29, 0.717) is 0 Å². The molecule has 25 heavy (non-hydrogen) atoms. The van der Waals surface area contributed by atoms with E-state index in [0.717, 1.165) is 42.0 Å². The van der Waals surface area contributed by atoms with Gasteiger partial charge in [0.05, 0.1) is 11.2 Å². The molecule has 0 radical (unpaired) electrons. The van der Waals surface area contributed by atoms with Crippen LogP contribution >= 0.6 is 0 Å². The van der Waals surface area contributed by atoms with Crippen LogP contribution in [0.25, 0.3) is 10.8 Å². The van der Waals surface area contributed by atoms with Gasteiger partial charge < -0.3 is 13.9 Å². The second-order valence-corrected chi connectivity index (χ2v) is 7.96. The third kappa shape index (κ3) is 3.40. The molecule has 1 aromatic heterocycles. The van der Waals surface area contributed by atoms with Crippen molar-refractivity contribution in [3.63, 3.8) is 0 Å². The van der Waals surface area contributed by atoms with Gasteiger partial charge in [0.1, 0.15) is 0 Å². The fraction of sp³-hybridized carbons (Fsp3) is 0.550. The minimum absolute atomic E-state index is 0.0778. The number of hydrogen-bond acceptors (Lipinski definition) is 3. The van der Waals surface area contributed by atoms with Crippen molar-refractivity contribution in [2.45, 2.75) is 71.6 Å². The van der Waals surface area contributed by atoms with Crippen molar-refractivity contribution >= 4 is 23.4 Å². The van der Waals surface area contributed by atoms with Crippen LogP contribution in [0.1, 0.15) is 53.9 Å². The molecule has 1 fully saturated rings. The summed E-state index contributed by atoms with van der Waals surface area (Å²) in [6, 6.07) is 7.86. The Balaban J connectivity index is 1.89. The Labute approximate surface area is 150 Å². The molecule has 1 aliphatic rings. The summed E-state index contributed by atoms with van der Waals surface area (Å²) in [4.78, 5) is 12.7. The number of fused-ring (bicyclic) bond motifs is 1. The number of aryl methyl sites for hydroxylation is 1. The van der Waals surface area contributed by atoms with Crippen molar-refractivity contribution in [1.82, 2.24) is 4.57 Å². The quantitative estimate of drug-likeness (QED) is 0.617. The Morgan fingerprint density at radius 3 is 2.36 bits per heavy atom. The van der Waals surface area contributed by atoms with Gasteiger partial charge in [0.2, 0.25) is 0 Å². The molecule has 134 valence electrons. The van der Waals surface area contributed by atoms with Crippen LogP contribution in [0.2, 0.25) is 0 Å². The van der Waals surface area contributed by atoms with E-state index in [1.165, 1.54) is 0 Å². The Bertz CT molecular complexity index is 809. The Hall–Kier alpha value is -1.59. The van der Waals surface area contributed by atoms with E-state index in [9.17, 15) is 4.79 Å².